The summed E-state index contributed by atoms with van der Waals surface area (Å²) in [4.78, 5) is 5.06. The van der Waals surface area contributed by atoms with Crippen LogP contribution in [0, 0.1) is 17.2 Å². The molecule has 2 aromatic rings. The Morgan fingerprint density at radius 1 is 1.33 bits per heavy atom. The van der Waals surface area contributed by atoms with Crippen molar-refractivity contribution in [3.05, 3.63) is 53.3 Å². The Kier molecular flexibility index (Phi) is 6.30. The van der Waals surface area contributed by atoms with Crippen molar-refractivity contribution >= 4 is 0 Å². The van der Waals surface area contributed by atoms with Crippen molar-refractivity contribution in [2.24, 2.45) is 13.0 Å². The fourth-order valence-corrected chi connectivity index (χ4v) is 4.39. The molecule has 0 spiro atoms. The maximum absolute atomic E-state index is 9.01. The average Bonchev–Trinajstić information content (AvgIpc) is 3.13. The highest BCUT2D eigenvalue weighted by atomic mass is 15.3. The summed E-state index contributed by atoms with van der Waals surface area (Å²) in [6, 6.07) is 10.9. The molecule has 0 radical (unpaired) electrons. The van der Waals surface area contributed by atoms with E-state index in [0.717, 1.165) is 18.7 Å². The van der Waals surface area contributed by atoms with Gasteiger partial charge in [0.1, 0.15) is 0 Å². The number of hydrogen-bond acceptors (Lipinski definition) is 4. The number of rotatable bonds is 6. The minimum atomic E-state index is 0.323. The number of benzene rings is 1. The molecule has 3 atom stereocenters. The van der Waals surface area contributed by atoms with E-state index in [9.17, 15) is 0 Å². The van der Waals surface area contributed by atoms with E-state index < -0.39 is 0 Å². The van der Waals surface area contributed by atoms with E-state index in [1.807, 2.05) is 30.1 Å². The van der Waals surface area contributed by atoms with Crippen LogP contribution in [0.4, 0.5) is 0 Å². The lowest BCUT2D eigenvalue weighted by Gasteiger charge is -2.43. The predicted octanol–water partition coefficient (Wildman–Crippen LogP) is 3.76. The maximum Gasteiger partial charge on any atom is 0.0991 e. The Morgan fingerprint density at radius 3 is 2.67 bits per heavy atom. The van der Waals surface area contributed by atoms with Crippen LogP contribution in [0.25, 0.3) is 0 Å². The summed E-state index contributed by atoms with van der Waals surface area (Å²) in [5.41, 5.74) is 3.32. The summed E-state index contributed by atoms with van der Waals surface area (Å²) >= 11 is 0. The van der Waals surface area contributed by atoms with Crippen LogP contribution in [0.2, 0.25) is 0 Å². The third-order valence-corrected chi connectivity index (χ3v) is 6.04. The zero-order valence-corrected chi connectivity index (χ0v) is 17.0. The van der Waals surface area contributed by atoms with Gasteiger partial charge in [-0.05, 0) is 63.5 Å². The van der Waals surface area contributed by atoms with Crippen LogP contribution in [-0.4, -0.2) is 46.3 Å². The third-order valence-electron chi connectivity index (χ3n) is 6.04. The van der Waals surface area contributed by atoms with Crippen LogP contribution in [0.15, 0.2) is 36.7 Å². The van der Waals surface area contributed by atoms with Gasteiger partial charge in [-0.2, -0.15) is 10.4 Å². The third kappa shape index (κ3) is 4.40. The van der Waals surface area contributed by atoms with E-state index in [1.165, 1.54) is 30.5 Å². The van der Waals surface area contributed by atoms with Gasteiger partial charge in [-0.15, -0.1) is 0 Å². The van der Waals surface area contributed by atoms with Crippen molar-refractivity contribution in [1.82, 2.24) is 19.6 Å². The van der Waals surface area contributed by atoms with Crippen LogP contribution >= 0.6 is 0 Å². The van der Waals surface area contributed by atoms with E-state index in [2.05, 4.69) is 60.2 Å². The fraction of sp³-hybridized carbons (Fsp3) is 0.545. The SMILES string of the molecule is CCN1CCC[C@@H](CN(C)[C@@H](C)c2ccc(C#N)cc2)[C@@H]1c1cnn(C)c1. The normalized spacial score (nSPS) is 21.9. The quantitative estimate of drug-likeness (QED) is 0.782. The van der Waals surface area contributed by atoms with Gasteiger partial charge in [-0.1, -0.05) is 19.1 Å². The summed E-state index contributed by atoms with van der Waals surface area (Å²) in [7, 11) is 4.21. The van der Waals surface area contributed by atoms with E-state index in [-0.39, 0.29) is 0 Å². The van der Waals surface area contributed by atoms with Crippen LogP contribution in [0.1, 0.15) is 55.5 Å². The van der Waals surface area contributed by atoms with Crippen molar-refractivity contribution in [3.63, 3.8) is 0 Å². The highest BCUT2D eigenvalue weighted by molar-refractivity contribution is 5.32. The van der Waals surface area contributed by atoms with Gasteiger partial charge >= 0.3 is 0 Å². The molecule has 144 valence electrons. The number of hydrogen-bond donors (Lipinski definition) is 0. The minimum Gasteiger partial charge on any atom is -0.299 e. The molecule has 1 saturated heterocycles. The summed E-state index contributed by atoms with van der Waals surface area (Å²) in [6.07, 6.45) is 6.72. The topological polar surface area (TPSA) is 48.1 Å². The summed E-state index contributed by atoms with van der Waals surface area (Å²) in [5, 5.41) is 13.4. The van der Waals surface area contributed by atoms with E-state index in [0.29, 0.717) is 18.0 Å². The molecule has 0 saturated carbocycles. The molecule has 5 nitrogen and oxygen atoms in total. The Balaban J connectivity index is 1.75. The molecule has 0 N–H and O–H groups in total. The zero-order chi connectivity index (χ0) is 19.4. The Bertz CT molecular complexity index is 773. The number of aryl methyl sites for hydroxylation is 1. The molecular weight excluding hydrogens is 334 g/mol. The first-order valence-electron chi connectivity index (χ1n) is 9.96. The van der Waals surface area contributed by atoms with Gasteiger partial charge in [0, 0.05) is 37.4 Å². The molecule has 1 aromatic heterocycles. The van der Waals surface area contributed by atoms with Gasteiger partial charge in [0.05, 0.1) is 17.8 Å². The molecule has 0 bridgehead atoms. The molecule has 5 heteroatoms. The smallest absolute Gasteiger partial charge is 0.0991 e. The summed E-state index contributed by atoms with van der Waals surface area (Å²) in [6.45, 7) is 7.80. The molecule has 0 aliphatic carbocycles. The summed E-state index contributed by atoms with van der Waals surface area (Å²) < 4.78 is 1.91. The van der Waals surface area contributed by atoms with Crippen molar-refractivity contribution in [2.45, 2.75) is 38.8 Å². The Hall–Kier alpha value is -2.16. The lowest BCUT2D eigenvalue weighted by atomic mass is 9.85. The number of likely N-dealkylation sites (tertiary alicyclic amines) is 1. The minimum absolute atomic E-state index is 0.323. The second-order valence-electron chi connectivity index (χ2n) is 7.77. The molecule has 27 heavy (non-hydrogen) atoms. The van der Waals surface area contributed by atoms with Crippen LogP contribution in [0.5, 0.6) is 0 Å². The van der Waals surface area contributed by atoms with Gasteiger partial charge in [0.15, 0.2) is 0 Å². The molecule has 0 unspecified atom stereocenters. The first-order chi connectivity index (χ1) is 13.0. The largest absolute Gasteiger partial charge is 0.299 e. The second kappa shape index (κ2) is 8.69. The van der Waals surface area contributed by atoms with Crippen molar-refractivity contribution in [3.8, 4) is 6.07 Å². The summed E-state index contributed by atoms with van der Waals surface area (Å²) in [5.74, 6) is 0.591. The lowest BCUT2D eigenvalue weighted by molar-refractivity contribution is 0.0680. The number of piperidine rings is 1. The number of nitrogens with zero attached hydrogens (tertiary/aromatic N) is 5. The molecule has 1 fully saturated rings. The van der Waals surface area contributed by atoms with E-state index in [1.54, 1.807) is 0 Å². The van der Waals surface area contributed by atoms with Gasteiger partial charge in [-0.3, -0.25) is 14.5 Å². The Labute approximate surface area is 163 Å². The first kappa shape index (κ1) is 19.6. The van der Waals surface area contributed by atoms with E-state index in [4.69, 9.17) is 5.26 Å². The zero-order valence-electron chi connectivity index (χ0n) is 17.0. The second-order valence-corrected chi connectivity index (χ2v) is 7.77. The molecule has 3 rings (SSSR count). The molecular formula is C22H31N5. The van der Waals surface area contributed by atoms with Crippen molar-refractivity contribution in [1.29, 1.82) is 5.26 Å². The predicted molar refractivity (Wildman–Crippen MR) is 108 cm³/mol. The molecule has 2 heterocycles. The van der Waals surface area contributed by atoms with E-state index >= 15 is 0 Å². The monoisotopic (exact) mass is 365 g/mol. The van der Waals surface area contributed by atoms with Crippen molar-refractivity contribution in [2.75, 3.05) is 26.7 Å². The highest BCUT2D eigenvalue weighted by Gasteiger charge is 2.33. The highest BCUT2D eigenvalue weighted by Crippen LogP contribution is 2.37. The van der Waals surface area contributed by atoms with Gasteiger partial charge in [0.2, 0.25) is 0 Å². The molecule has 1 aliphatic rings. The van der Waals surface area contributed by atoms with Crippen LogP contribution in [-0.2, 0) is 7.05 Å². The molecule has 0 amide bonds. The molecule has 1 aromatic carbocycles. The van der Waals surface area contributed by atoms with Gasteiger partial charge in [0.25, 0.3) is 0 Å². The van der Waals surface area contributed by atoms with Crippen molar-refractivity contribution < 1.29 is 0 Å². The number of aromatic nitrogens is 2. The molecule has 1 aliphatic heterocycles. The fourth-order valence-electron chi connectivity index (χ4n) is 4.39. The van der Waals surface area contributed by atoms with Gasteiger partial charge < -0.3 is 0 Å². The lowest BCUT2D eigenvalue weighted by Crippen LogP contribution is -2.43. The van der Waals surface area contributed by atoms with Gasteiger partial charge in [-0.25, -0.2) is 0 Å². The number of nitriles is 1. The van der Waals surface area contributed by atoms with Crippen LogP contribution < -0.4 is 0 Å². The first-order valence-corrected chi connectivity index (χ1v) is 9.96. The average molecular weight is 366 g/mol. The standard InChI is InChI=1S/C22H31N5/c1-5-27-12-6-7-20(22(27)21-14-24-26(4)16-21)15-25(3)17(2)19-10-8-18(13-23)9-11-19/h8-11,14,16-17,20,22H,5-7,12,15H2,1-4H3/t17-,20-,22+/m0/s1. The Morgan fingerprint density at radius 2 is 2.07 bits per heavy atom. The van der Waals surface area contributed by atoms with Crippen LogP contribution in [0.3, 0.4) is 0 Å². The maximum atomic E-state index is 9.01.